The van der Waals surface area contributed by atoms with Crippen molar-refractivity contribution in [3.63, 3.8) is 0 Å². The molecule has 4 rings (SSSR count). The van der Waals surface area contributed by atoms with Crippen LogP contribution in [0, 0.1) is 0 Å². The van der Waals surface area contributed by atoms with Crippen molar-refractivity contribution in [1.29, 1.82) is 0 Å². The number of para-hydroxylation sites is 1. The first-order chi connectivity index (χ1) is 14.0. The monoisotopic (exact) mass is 415 g/mol. The van der Waals surface area contributed by atoms with Crippen LogP contribution >= 0.6 is 11.3 Å². The Morgan fingerprint density at radius 3 is 2.48 bits per heavy atom. The summed E-state index contributed by atoms with van der Waals surface area (Å²) in [6, 6.07) is 8.44. The van der Waals surface area contributed by atoms with E-state index < -0.39 is 0 Å². The van der Waals surface area contributed by atoms with Crippen molar-refractivity contribution in [1.82, 2.24) is 25.0 Å². The zero-order chi connectivity index (χ0) is 20.4. The van der Waals surface area contributed by atoms with Gasteiger partial charge in [-0.1, -0.05) is 12.1 Å². The molecular formula is C21H29N5O2S. The van der Waals surface area contributed by atoms with E-state index in [1.54, 1.807) is 16.2 Å². The normalized spacial score (nSPS) is 19.2. The van der Waals surface area contributed by atoms with E-state index >= 15 is 0 Å². The number of amides is 2. The summed E-state index contributed by atoms with van der Waals surface area (Å²) in [4.78, 5) is 35.6. The van der Waals surface area contributed by atoms with E-state index in [0.717, 1.165) is 54.2 Å². The fourth-order valence-electron chi connectivity index (χ4n) is 3.56. The number of carbonyl (C=O) groups is 2. The smallest absolute Gasteiger partial charge is 0.237 e. The summed E-state index contributed by atoms with van der Waals surface area (Å²) in [5, 5.41) is 4.00. The van der Waals surface area contributed by atoms with Gasteiger partial charge < -0.3 is 10.2 Å². The molecule has 0 radical (unpaired) electrons. The first-order valence-electron chi connectivity index (χ1n) is 10.3. The summed E-state index contributed by atoms with van der Waals surface area (Å²) in [6.07, 6.45) is 2.23. The molecule has 2 fully saturated rings. The number of nitrogens with zero attached hydrogens (tertiary/aromatic N) is 4. The van der Waals surface area contributed by atoms with E-state index in [0.29, 0.717) is 19.1 Å². The number of nitrogens with one attached hydrogen (secondary N) is 1. The van der Waals surface area contributed by atoms with E-state index in [2.05, 4.69) is 21.2 Å². The number of piperazine rings is 1. The molecule has 1 aromatic carbocycles. The number of hydrogen-bond acceptors (Lipinski definition) is 6. The van der Waals surface area contributed by atoms with Crippen molar-refractivity contribution in [2.24, 2.45) is 0 Å². The van der Waals surface area contributed by atoms with Gasteiger partial charge in [0.05, 0.1) is 29.3 Å². The molecular weight excluding hydrogens is 386 g/mol. The third-order valence-electron chi connectivity index (χ3n) is 5.78. The lowest BCUT2D eigenvalue weighted by atomic mass is 10.2. The standard InChI is InChI=1S/C21H29N5O2S/c1-15(21-23-17-5-3-4-6-18(17)29-21)24(2)20(28)14-26-11-9-25(10-12-26)13-19(27)22-16-7-8-16/h3-6,15-16H,7-14H2,1-2H3,(H,22,27)/t15-/m0/s1. The molecule has 0 unspecified atom stereocenters. The minimum Gasteiger partial charge on any atom is -0.352 e. The Bertz CT molecular complexity index is 840. The third-order valence-corrected chi connectivity index (χ3v) is 6.98. The summed E-state index contributed by atoms with van der Waals surface area (Å²) < 4.78 is 1.15. The van der Waals surface area contributed by atoms with Crippen molar-refractivity contribution >= 4 is 33.4 Å². The lowest BCUT2D eigenvalue weighted by Crippen LogP contribution is -2.51. The predicted molar refractivity (Wildman–Crippen MR) is 115 cm³/mol. The zero-order valence-corrected chi connectivity index (χ0v) is 18.0. The number of hydrogen-bond donors (Lipinski definition) is 1. The molecule has 1 saturated heterocycles. The third kappa shape index (κ3) is 5.12. The average Bonchev–Trinajstić information content (AvgIpc) is 3.42. The van der Waals surface area contributed by atoms with Gasteiger partial charge in [0.15, 0.2) is 0 Å². The SMILES string of the molecule is C[C@@H](c1nc2ccccc2s1)N(C)C(=O)CN1CCN(CC(=O)NC2CC2)CC1. The largest absolute Gasteiger partial charge is 0.352 e. The molecule has 29 heavy (non-hydrogen) atoms. The van der Waals surface area contributed by atoms with Gasteiger partial charge in [-0.05, 0) is 31.9 Å². The van der Waals surface area contributed by atoms with E-state index in [-0.39, 0.29) is 17.9 Å². The van der Waals surface area contributed by atoms with E-state index in [1.807, 2.05) is 32.2 Å². The Hall–Kier alpha value is -2.03. The van der Waals surface area contributed by atoms with Crippen LogP contribution in [-0.4, -0.2) is 83.9 Å². The number of thiazole rings is 1. The van der Waals surface area contributed by atoms with E-state index in [9.17, 15) is 9.59 Å². The van der Waals surface area contributed by atoms with Gasteiger partial charge >= 0.3 is 0 Å². The van der Waals surface area contributed by atoms with Gasteiger partial charge in [0.2, 0.25) is 11.8 Å². The second-order valence-electron chi connectivity index (χ2n) is 8.09. The van der Waals surface area contributed by atoms with Gasteiger partial charge in [-0.2, -0.15) is 0 Å². The van der Waals surface area contributed by atoms with Crippen LogP contribution in [-0.2, 0) is 9.59 Å². The molecule has 0 bridgehead atoms. The summed E-state index contributed by atoms with van der Waals surface area (Å²) >= 11 is 1.65. The van der Waals surface area contributed by atoms with Crippen molar-refractivity contribution in [3.8, 4) is 0 Å². The van der Waals surface area contributed by atoms with Crippen molar-refractivity contribution < 1.29 is 9.59 Å². The van der Waals surface area contributed by atoms with Gasteiger partial charge in [-0.15, -0.1) is 11.3 Å². The molecule has 2 aliphatic rings. The maximum atomic E-state index is 12.8. The van der Waals surface area contributed by atoms with E-state index in [4.69, 9.17) is 4.98 Å². The Morgan fingerprint density at radius 2 is 1.83 bits per heavy atom. The molecule has 1 aliphatic heterocycles. The Labute approximate surface area is 175 Å². The maximum Gasteiger partial charge on any atom is 0.237 e. The van der Waals surface area contributed by atoms with Crippen LogP contribution in [0.2, 0.25) is 0 Å². The highest BCUT2D eigenvalue weighted by Crippen LogP contribution is 2.28. The van der Waals surface area contributed by atoms with Crippen LogP contribution in [0.4, 0.5) is 0 Å². The highest BCUT2D eigenvalue weighted by atomic mass is 32.1. The van der Waals surface area contributed by atoms with E-state index in [1.165, 1.54) is 0 Å². The molecule has 1 N–H and O–H groups in total. The molecule has 2 amide bonds. The number of carbonyl (C=O) groups excluding carboxylic acids is 2. The molecule has 156 valence electrons. The summed E-state index contributed by atoms with van der Waals surface area (Å²) in [6.45, 7) is 6.18. The molecule has 7 nitrogen and oxygen atoms in total. The predicted octanol–water partition coefficient (Wildman–Crippen LogP) is 1.71. The minimum absolute atomic E-state index is 0.0488. The van der Waals surface area contributed by atoms with Gasteiger partial charge in [0.1, 0.15) is 5.01 Å². The Morgan fingerprint density at radius 1 is 1.17 bits per heavy atom. The number of rotatable bonds is 7. The molecule has 8 heteroatoms. The summed E-state index contributed by atoms with van der Waals surface area (Å²) in [5.41, 5.74) is 0.988. The highest BCUT2D eigenvalue weighted by molar-refractivity contribution is 7.18. The van der Waals surface area contributed by atoms with Crippen molar-refractivity contribution in [2.75, 3.05) is 46.3 Å². The molecule has 1 aromatic heterocycles. The molecule has 1 aliphatic carbocycles. The second-order valence-corrected chi connectivity index (χ2v) is 9.16. The van der Waals surface area contributed by atoms with Crippen LogP contribution in [0.5, 0.6) is 0 Å². The van der Waals surface area contributed by atoms with Crippen LogP contribution in [0.15, 0.2) is 24.3 Å². The summed E-state index contributed by atoms with van der Waals surface area (Å²) in [5.74, 6) is 0.234. The quantitative estimate of drug-likeness (QED) is 0.746. The average molecular weight is 416 g/mol. The summed E-state index contributed by atoms with van der Waals surface area (Å²) in [7, 11) is 1.86. The maximum absolute atomic E-state index is 12.8. The van der Waals surface area contributed by atoms with Crippen molar-refractivity contribution in [2.45, 2.75) is 31.8 Å². The highest BCUT2D eigenvalue weighted by Gasteiger charge is 2.27. The topological polar surface area (TPSA) is 68.8 Å². The molecule has 0 spiro atoms. The Balaban J connectivity index is 1.25. The van der Waals surface area contributed by atoms with Gasteiger partial charge in [-0.3, -0.25) is 19.4 Å². The fraction of sp³-hybridized carbons (Fsp3) is 0.571. The van der Waals surface area contributed by atoms with Gasteiger partial charge in [-0.25, -0.2) is 4.98 Å². The Kier molecular flexibility index (Phi) is 6.12. The molecule has 1 saturated carbocycles. The van der Waals surface area contributed by atoms with Crippen molar-refractivity contribution in [3.05, 3.63) is 29.3 Å². The van der Waals surface area contributed by atoms with Gasteiger partial charge in [0.25, 0.3) is 0 Å². The lowest BCUT2D eigenvalue weighted by molar-refractivity contribution is -0.134. The first kappa shape index (κ1) is 20.3. The number of likely N-dealkylation sites (N-methyl/N-ethyl adjacent to an activating group) is 1. The molecule has 1 atom stereocenters. The first-order valence-corrected chi connectivity index (χ1v) is 11.2. The molecule has 2 heterocycles. The van der Waals surface area contributed by atoms with Gasteiger partial charge in [0, 0.05) is 39.3 Å². The lowest BCUT2D eigenvalue weighted by Gasteiger charge is -2.35. The van der Waals surface area contributed by atoms with Crippen LogP contribution in [0.3, 0.4) is 0 Å². The zero-order valence-electron chi connectivity index (χ0n) is 17.1. The fourth-order valence-corrected chi connectivity index (χ4v) is 4.63. The van der Waals surface area contributed by atoms with Crippen LogP contribution in [0.1, 0.15) is 30.8 Å². The second kappa shape index (κ2) is 8.77. The number of benzene rings is 1. The minimum atomic E-state index is -0.0488. The van der Waals surface area contributed by atoms with Crippen LogP contribution < -0.4 is 5.32 Å². The molecule has 2 aromatic rings. The number of fused-ring (bicyclic) bond motifs is 1. The van der Waals surface area contributed by atoms with Crippen LogP contribution in [0.25, 0.3) is 10.2 Å². The number of aromatic nitrogens is 1.